The number of ether oxygens (including phenoxy) is 3. The van der Waals surface area contributed by atoms with Crippen molar-refractivity contribution >= 4 is 22.9 Å². The Kier molecular flexibility index (Phi) is 10.8. The van der Waals surface area contributed by atoms with Crippen LogP contribution in [0.1, 0.15) is 51.9 Å². The molecule has 10 nitrogen and oxygen atoms in total. The summed E-state index contributed by atoms with van der Waals surface area (Å²) < 4.78 is 44.3. The number of aromatic nitrogens is 4. The van der Waals surface area contributed by atoms with Gasteiger partial charge in [0.1, 0.15) is 11.5 Å². The van der Waals surface area contributed by atoms with Crippen molar-refractivity contribution in [3.63, 3.8) is 0 Å². The molecule has 0 radical (unpaired) electrons. The summed E-state index contributed by atoms with van der Waals surface area (Å²) in [5.74, 6) is -0.753. The van der Waals surface area contributed by atoms with Crippen molar-refractivity contribution in [2.24, 2.45) is 0 Å². The number of pyridine rings is 1. The molecular formula is C27H36F2N6O4. The minimum atomic E-state index is -0.586. The summed E-state index contributed by atoms with van der Waals surface area (Å²) >= 11 is 0. The lowest BCUT2D eigenvalue weighted by Gasteiger charge is -2.30. The van der Waals surface area contributed by atoms with E-state index in [0.29, 0.717) is 56.1 Å². The second-order valence-corrected chi connectivity index (χ2v) is 9.50. The van der Waals surface area contributed by atoms with Crippen LogP contribution in [0.15, 0.2) is 24.7 Å². The second kappa shape index (κ2) is 14.7. The van der Waals surface area contributed by atoms with Crippen LogP contribution in [0, 0.1) is 11.6 Å². The zero-order valence-electron chi connectivity index (χ0n) is 22.2. The van der Waals surface area contributed by atoms with E-state index in [1.54, 1.807) is 6.20 Å². The Labute approximate surface area is 226 Å². The first-order valence-electron chi connectivity index (χ1n) is 13.5. The van der Waals surface area contributed by atoms with Gasteiger partial charge in [-0.1, -0.05) is 0 Å². The van der Waals surface area contributed by atoms with Gasteiger partial charge in [-0.15, -0.1) is 0 Å². The van der Waals surface area contributed by atoms with Gasteiger partial charge in [0.2, 0.25) is 0 Å². The topological polar surface area (TPSA) is 123 Å². The van der Waals surface area contributed by atoms with Gasteiger partial charge in [-0.2, -0.15) is 0 Å². The predicted octanol–water partition coefficient (Wildman–Crippen LogP) is 4.97. The molecule has 0 spiro atoms. The standard InChI is InChI=1S/C27H36F2N6O4/c1-2-37-11-12-38-9-4-3-5-10-39-27(36)34-20-8-6-7-19(14-20)33-26-23(29)17-32-25(35-26)22-16-31-24-21(22)13-18(28)15-30-24/h13,15-17,19-20H,2-12,14H2,1H3,(H,30,31)(H,34,36)(H,32,33,35)/t19-,20+/m0/s1. The highest BCUT2D eigenvalue weighted by molar-refractivity contribution is 5.91. The number of carbonyl (C=O) groups is 1. The first-order valence-corrected chi connectivity index (χ1v) is 13.5. The average molecular weight is 547 g/mol. The zero-order valence-corrected chi connectivity index (χ0v) is 22.2. The highest BCUT2D eigenvalue weighted by Crippen LogP contribution is 2.28. The third-order valence-corrected chi connectivity index (χ3v) is 6.56. The van der Waals surface area contributed by atoms with Gasteiger partial charge in [0, 0.05) is 42.4 Å². The third-order valence-electron chi connectivity index (χ3n) is 6.56. The number of fused-ring (bicyclic) bond motifs is 1. The first kappa shape index (κ1) is 28.6. The molecule has 212 valence electrons. The molecule has 1 aliphatic carbocycles. The van der Waals surface area contributed by atoms with Crippen molar-refractivity contribution in [2.75, 3.05) is 38.4 Å². The van der Waals surface area contributed by atoms with E-state index in [9.17, 15) is 13.6 Å². The Morgan fingerprint density at radius 1 is 1.05 bits per heavy atom. The van der Waals surface area contributed by atoms with E-state index in [-0.39, 0.29) is 23.7 Å². The lowest BCUT2D eigenvalue weighted by atomic mass is 9.91. The van der Waals surface area contributed by atoms with Gasteiger partial charge in [-0.05, 0) is 57.9 Å². The molecule has 1 aliphatic rings. The predicted molar refractivity (Wildman–Crippen MR) is 142 cm³/mol. The Bertz CT molecular complexity index is 1210. The van der Waals surface area contributed by atoms with E-state index in [4.69, 9.17) is 14.2 Å². The Morgan fingerprint density at radius 3 is 2.74 bits per heavy atom. The van der Waals surface area contributed by atoms with Crippen LogP contribution in [0.2, 0.25) is 0 Å². The van der Waals surface area contributed by atoms with Crippen molar-refractivity contribution < 1.29 is 27.8 Å². The molecule has 3 heterocycles. The summed E-state index contributed by atoms with van der Waals surface area (Å²) in [4.78, 5) is 27.7. The number of halogens is 2. The number of amides is 1. The number of hydrogen-bond acceptors (Lipinski definition) is 8. The number of carbonyl (C=O) groups excluding carboxylic acids is 1. The lowest BCUT2D eigenvalue weighted by molar-refractivity contribution is 0.0507. The zero-order chi connectivity index (χ0) is 27.5. The maximum atomic E-state index is 14.6. The van der Waals surface area contributed by atoms with E-state index in [1.165, 1.54) is 6.07 Å². The molecule has 3 aromatic heterocycles. The number of unbranched alkanes of at least 4 members (excludes halogenated alkanes) is 2. The van der Waals surface area contributed by atoms with Crippen molar-refractivity contribution in [1.82, 2.24) is 25.3 Å². The summed E-state index contributed by atoms with van der Waals surface area (Å²) in [5, 5.41) is 6.60. The molecule has 2 atom stereocenters. The van der Waals surface area contributed by atoms with Gasteiger partial charge in [0.25, 0.3) is 0 Å². The maximum absolute atomic E-state index is 14.6. The molecule has 0 aliphatic heterocycles. The highest BCUT2D eigenvalue weighted by atomic mass is 19.1. The first-order chi connectivity index (χ1) is 19.0. The van der Waals surface area contributed by atoms with Crippen LogP contribution >= 0.6 is 0 Å². The fraction of sp³-hybridized carbons (Fsp3) is 0.556. The van der Waals surface area contributed by atoms with Crippen LogP contribution in [0.3, 0.4) is 0 Å². The van der Waals surface area contributed by atoms with Gasteiger partial charge < -0.3 is 29.8 Å². The monoisotopic (exact) mass is 546 g/mol. The van der Waals surface area contributed by atoms with Gasteiger partial charge in [0.15, 0.2) is 17.5 Å². The maximum Gasteiger partial charge on any atom is 0.407 e. The van der Waals surface area contributed by atoms with Crippen LogP contribution in [-0.4, -0.2) is 71.1 Å². The molecule has 12 heteroatoms. The summed E-state index contributed by atoms with van der Waals surface area (Å²) in [6.45, 7) is 4.86. The molecule has 1 amide bonds. The fourth-order valence-corrected chi connectivity index (χ4v) is 4.63. The van der Waals surface area contributed by atoms with E-state index < -0.39 is 17.7 Å². The molecular weight excluding hydrogens is 510 g/mol. The normalized spacial score (nSPS) is 17.3. The number of nitrogens with one attached hydrogen (secondary N) is 3. The van der Waals surface area contributed by atoms with Crippen LogP contribution in [-0.2, 0) is 14.2 Å². The summed E-state index contributed by atoms with van der Waals surface area (Å²) in [6.07, 6.45) is 9.07. The molecule has 3 aromatic rings. The quantitative estimate of drug-likeness (QED) is 0.242. The number of rotatable bonds is 14. The molecule has 39 heavy (non-hydrogen) atoms. The van der Waals surface area contributed by atoms with E-state index >= 15 is 0 Å². The molecule has 0 saturated heterocycles. The number of aromatic amines is 1. The SMILES string of the molecule is CCOCCOCCCCCOC(=O)N[C@@H]1CCC[C@H](Nc2nc(-c3c[nH]c4ncc(F)cc34)ncc2F)C1. The van der Waals surface area contributed by atoms with Crippen LogP contribution in [0.5, 0.6) is 0 Å². The average Bonchev–Trinajstić information content (AvgIpc) is 3.34. The molecule has 0 aromatic carbocycles. The van der Waals surface area contributed by atoms with Crippen LogP contribution in [0.25, 0.3) is 22.4 Å². The van der Waals surface area contributed by atoms with Crippen molar-refractivity contribution in [3.8, 4) is 11.4 Å². The highest BCUT2D eigenvalue weighted by Gasteiger charge is 2.25. The minimum Gasteiger partial charge on any atom is -0.450 e. The Morgan fingerprint density at radius 2 is 1.87 bits per heavy atom. The molecule has 0 unspecified atom stereocenters. The van der Waals surface area contributed by atoms with Crippen molar-refractivity contribution in [2.45, 2.75) is 64.0 Å². The molecule has 0 bridgehead atoms. The molecule has 1 saturated carbocycles. The smallest absolute Gasteiger partial charge is 0.407 e. The Balaban J connectivity index is 1.21. The van der Waals surface area contributed by atoms with E-state index in [1.807, 2.05) is 6.92 Å². The summed E-state index contributed by atoms with van der Waals surface area (Å²) in [5.41, 5.74) is 1.02. The second-order valence-electron chi connectivity index (χ2n) is 9.50. The van der Waals surface area contributed by atoms with Crippen LogP contribution < -0.4 is 10.6 Å². The Hall–Kier alpha value is -3.38. The number of nitrogens with zero attached hydrogens (tertiary/aromatic N) is 3. The summed E-state index contributed by atoms with van der Waals surface area (Å²) in [7, 11) is 0. The molecule has 4 rings (SSSR count). The number of hydrogen-bond donors (Lipinski definition) is 3. The fourth-order valence-electron chi connectivity index (χ4n) is 4.63. The van der Waals surface area contributed by atoms with Gasteiger partial charge in [-0.3, -0.25) is 0 Å². The van der Waals surface area contributed by atoms with Gasteiger partial charge >= 0.3 is 6.09 Å². The lowest BCUT2D eigenvalue weighted by Crippen LogP contribution is -2.42. The summed E-state index contributed by atoms with van der Waals surface area (Å²) in [6, 6.07) is 1.16. The van der Waals surface area contributed by atoms with Gasteiger partial charge in [-0.25, -0.2) is 28.5 Å². The molecule has 3 N–H and O–H groups in total. The van der Waals surface area contributed by atoms with Crippen LogP contribution in [0.4, 0.5) is 19.4 Å². The minimum absolute atomic E-state index is 0.0637. The van der Waals surface area contributed by atoms with Gasteiger partial charge in [0.05, 0.1) is 32.2 Å². The van der Waals surface area contributed by atoms with E-state index in [2.05, 4.69) is 30.6 Å². The number of H-pyrrole nitrogens is 1. The van der Waals surface area contributed by atoms with Crippen molar-refractivity contribution in [1.29, 1.82) is 0 Å². The number of anilines is 1. The van der Waals surface area contributed by atoms with Crippen molar-refractivity contribution in [3.05, 3.63) is 36.3 Å². The third kappa shape index (κ3) is 8.56. The molecule has 1 fully saturated rings. The largest absolute Gasteiger partial charge is 0.450 e. The number of alkyl carbamates (subject to hydrolysis) is 1. The van der Waals surface area contributed by atoms with E-state index in [0.717, 1.165) is 50.9 Å².